The number of hydrogen-bond acceptors (Lipinski definition) is 6. The summed E-state index contributed by atoms with van der Waals surface area (Å²) in [6.07, 6.45) is 1.80. The molecule has 0 unspecified atom stereocenters. The van der Waals surface area contributed by atoms with Crippen molar-refractivity contribution >= 4 is 0 Å². The number of rotatable bonds is 9. The zero-order valence-corrected chi connectivity index (χ0v) is 15.2. The molecular weight excluding hydrogens is 320 g/mol. The summed E-state index contributed by atoms with van der Waals surface area (Å²) in [6.45, 7) is 9.26. The molecule has 2 aliphatic rings. The van der Waals surface area contributed by atoms with Crippen molar-refractivity contribution in [2.75, 3.05) is 52.7 Å². The maximum atomic E-state index is 10.1. The largest absolute Gasteiger partial charge is 0.454 e. The molecule has 2 aliphatic heterocycles. The van der Waals surface area contributed by atoms with Crippen molar-refractivity contribution in [2.24, 2.45) is 0 Å². The Labute approximate surface area is 150 Å². The van der Waals surface area contributed by atoms with Gasteiger partial charge in [0.2, 0.25) is 6.79 Å². The fraction of sp³-hybridized carbons (Fsp3) is 0.684. The van der Waals surface area contributed by atoms with Crippen LogP contribution in [0.2, 0.25) is 0 Å². The Balaban J connectivity index is 1.36. The molecule has 1 aromatic carbocycles. The average Bonchev–Trinajstić information content (AvgIpc) is 3.08. The van der Waals surface area contributed by atoms with Gasteiger partial charge in [0.05, 0.1) is 12.7 Å². The SMILES string of the molecule is CCCCOC[C@@H](O)CN1CCN(Cc2ccc3c(c2)OCO3)CC1. The van der Waals surface area contributed by atoms with Gasteiger partial charge >= 0.3 is 0 Å². The maximum Gasteiger partial charge on any atom is 0.231 e. The van der Waals surface area contributed by atoms with E-state index in [-0.39, 0.29) is 0 Å². The fourth-order valence-electron chi connectivity index (χ4n) is 3.24. The monoisotopic (exact) mass is 350 g/mol. The van der Waals surface area contributed by atoms with Crippen LogP contribution < -0.4 is 9.47 Å². The van der Waals surface area contributed by atoms with E-state index < -0.39 is 6.10 Å². The van der Waals surface area contributed by atoms with Crippen LogP contribution in [-0.2, 0) is 11.3 Å². The van der Waals surface area contributed by atoms with Crippen LogP contribution in [0.3, 0.4) is 0 Å². The Bertz CT molecular complexity index is 532. The first-order chi connectivity index (χ1) is 12.2. The highest BCUT2D eigenvalue weighted by Crippen LogP contribution is 2.32. The lowest BCUT2D eigenvalue weighted by Gasteiger charge is -2.35. The quantitative estimate of drug-likeness (QED) is 0.685. The van der Waals surface area contributed by atoms with Gasteiger partial charge in [-0.05, 0) is 24.1 Å². The third-order valence-corrected chi connectivity index (χ3v) is 4.73. The number of aliphatic hydroxyl groups excluding tert-OH is 1. The van der Waals surface area contributed by atoms with Gasteiger partial charge in [0, 0.05) is 45.9 Å². The summed E-state index contributed by atoms with van der Waals surface area (Å²) in [5.74, 6) is 1.69. The number of benzene rings is 1. The second-order valence-electron chi connectivity index (χ2n) is 6.85. The highest BCUT2D eigenvalue weighted by atomic mass is 16.7. The molecule has 1 fully saturated rings. The normalized spacial score (nSPS) is 19.3. The Morgan fingerprint density at radius 1 is 1.12 bits per heavy atom. The minimum Gasteiger partial charge on any atom is -0.454 e. The number of ether oxygens (including phenoxy) is 3. The van der Waals surface area contributed by atoms with Crippen molar-refractivity contribution < 1.29 is 19.3 Å². The minimum atomic E-state index is -0.391. The van der Waals surface area contributed by atoms with Gasteiger partial charge in [0.15, 0.2) is 11.5 Å². The van der Waals surface area contributed by atoms with E-state index in [1.807, 2.05) is 6.07 Å². The molecule has 2 heterocycles. The molecule has 6 nitrogen and oxygen atoms in total. The first-order valence-electron chi connectivity index (χ1n) is 9.33. The molecule has 0 amide bonds. The standard InChI is InChI=1S/C19H30N2O4/c1-2-3-10-23-14-17(22)13-21-8-6-20(7-9-21)12-16-4-5-18-19(11-16)25-15-24-18/h4-5,11,17,22H,2-3,6-10,12-15H2,1H3/t17-/m0/s1. The molecule has 140 valence electrons. The van der Waals surface area contributed by atoms with E-state index in [2.05, 4.69) is 28.9 Å². The van der Waals surface area contributed by atoms with Crippen LogP contribution in [0, 0.1) is 0 Å². The Hall–Kier alpha value is -1.34. The van der Waals surface area contributed by atoms with Crippen LogP contribution in [-0.4, -0.2) is 73.7 Å². The molecule has 3 rings (SSSR count). The summed E-state index contributed by atoms with van der Waals surface area (Å²) in [5, 5.41) is 10.1. The fourth-order valence-corrected chi connectivity index (χ4v) is 3.24. The zero-order chi connectivity index (χ0) is 17.5. The van der Waals surface area contributed by atoms with Crippen LogP contribution in [0.5, 0.6) is 11.5 Å². The van der Waals surface area contributed by atoms with Gasteiger partial charge in [-0.3, -0.25) is 9.80 Å². The molecule has 1 atom stereocenters. The predicted molar refractivity (Wildman–Crippen MR) is 96.0 cm³/mol. The van der Waals surface area contributed by atoms with Gasteiger partial charge in [-0.25, -0.2) is 0 Å². The molecule has 1 saturated heterocycles. The summed E-state index contributed by atoms with van der Waals surface area (Å²) >= 11 is 0. The maximum absolute atomic E-state index is 10.1. The minimum absolute atomic E-state index is 0.321. The van der Waals surface area contributed by atoms with Crippen molar-refractivity contribution in [2.45, 2.75) is 32.4 Å². The van der Waals surface area contributed by atoms with Gasteiger partial charge in [-0.15, -0.1) is 0 Å². The van der Waals surface area contributed by atoms with E-state index >= 15 is 0 Å². The van der Waals surface area contributed by atoms with Crippen LogP contribution in [0.1, 0.15) is 25.3 Å². The van der Waals surface area contributed by atoms with E-state index in [1.54, 1.807) is 0 Å². The molecule has 6 heteroatoms. The predicted octanol–water partition coefficient (Wildman–Crippen LogP) is 1.71. The Morgan fingerprint density at radius 3 is 2.68 bits per heavy atom. The Kier molecular flexibility index (Phi) is 6.93. The molecule has 1 aromatic rings. The van der Waals surface area contributed by atoms with E-state index in [0.717, 1.165) is 63.7 Å². The molecule has 1 N–H and O–H groups in total. The summed E-state index contributed by atoms with van der Waals surface area (Å²) in [7, 11) is 0. The number of hydrogen-bond donors (Lipinski definition) is 1. The van der Waals surface area contributed by atoms with Crippen molar-refractivity contribution in [1.82, 2.24) is 9.80 Å². The molecule has 25 heavy (non-hydrogen) atoms. The lowest BCUT2D eigenvalue weighted by molar-refractivity contribution is 0.00587. The molecule has 0 saturated carbocycles. The van der Waals surface area contributed by atoms with Crippen LogP contribution in [0.25, 0.3) is 0 Å². The highest BCUT2D eigenvalue weighted by Gasteiger charge is 2.20. The van der Waals surface area contributed by atoms with E-state index in [9.17, 15) is 5.11 Å². The van der Waals surface area contributed by atoms with Crippen molar-refractivity contribution in [3.8, 4) is 11.5 Å². The zero-order valence-electron chi connectivity index (χ0n) is 15.2. The van der Waals surface area contributed by atoms with Gasteiger partial charge < -0.3 is 19.3 Å². The number of β-amino-alcohol motifs (C(OH)–C–C–N with tert-alkyl or cyclic N) is 1. The molecular formula is C19H30N2O4. The third kappa shape index (κ3) is 5.57. The second kappa shape index (κ2) is 9.38. The summed E-state index contributed by atoms with van der Waals surface area (Å²) < 4.78 is 16.3. The molecule has 0 aromatic heterocycles. The van der Waals surface area contributed by atoms with Crippen LogP contribution in [0.15, 0.2) is 18.2 Å². The molecule has 0 bridgehead atoms. The second-order valence-corrected chi connectivity index (χ2v) is 6.85. The van der Waals surface area contributed by atoms with Crippen LogP contribution in [0.4, 0.5) is 0 Å². The Morgan fingerprint density at radius 2 is 1.88 bits per heavy atom. The smallest absolute Gasteiger partial charge is 0.231 e. The molecule has 0 radical (unpaired) electrons. The van der Waals surface area contributed by atoms with Crippen LogP contribution >= 0.6 is 0 Å². The van der Waals surface area contributed by atoms with Gasteiger partial charge in [-0.2, -0.15) is 0 Å². The highest BCUT2D eigenvalue weighted by molar-refractivity contribution is 5.44. The third-order valence-electron chi connectivity index (χ3n) is 4.73. The van der Waals surface area contributed by atoms with Gasteiger partial charge in [0.1, 0.15) is 0 Å². The summed E-state index contributed by atoms with van der Waals surface area (Å²) in [4.78, 5) is 4.77. The average molecular weight is 350 g/mol. The number of nitrogens with zero attached hydrogens (tertiary/aromatic N) is 2. The first kappa shape index (κ1) is 18.5. The number of unbranched alkanes of at least 4 members (excludes halogenated alkanes) is 1. The number of piperazine rings is 1. The van der Waals surface area contributed by atoms with Crippen molar-refractivity contribution in [3.05, 3.63) is 23.8 Å². The lowest BCUT2D eigenvalue weighted by atomic mass is 10.1. The van der Waals surface area contributed by atoms with E-state index in [0.29, 0.717) is 19.9 Å². The molecule has 0 aliphatic carbocycles. The number of aliphatic hydroxyl groups is 1. The van der Waals surface area contributed by atoms with E-state index in [4.69, 9.17) is 14.2 Å². The van der Waals surface area contributed by atoms with Gasteiger partial charge in [-0.1, -0.05) is 19.4 Å². The summed E-state index contributed by atoms with van der Waals surface area (Å²) in [6, 6.07) is 6.17. The summed E-state index contributed by atoms with van der Waals surface area (Å²) in [5.41, 5.74) is 1.25. The van der Waals surface area contributed by atoms with E-state index in [1.165, 1.54) is 5.56 Å². The molecule has 0 spiro atoms. The lowest BCUT2D eigenvalue weighted by Crippen LogP contribution is -2.48. The number of fused-ring (bicyclic) bond motifs is 1. The first-order valence-corrected chi connectivity index (χ1v) is 9.33. The van der Waals surface area contributed by atoms with Crippen molar-refractivity contribution in [3.63, 3.8) is 0 Å². The van der Waals surface area contributed by atoms with Gasteiger partial charge in [0.25, 0.3) is 0 Å². The topological polar surface area (TPSA) is 54.4 Å². The van der Waals surface area contributed by atoms with Crippen molar-refractivity contribution in [1.29, 1.82) is 0 Å².